The quantitative estimate of drug-likeness (QED) is 0.0358. The topological polar surface area (TPSA) is 108 Å². The number of phosphoric ester groups is 1. The fraction of sp³-hybridized carbons (Fsp3) is 0.980. The van der Waals surface area contributed by atoms with Crippen molar-refractivity contribution in [1.29, 1.82) is 0 Å². The fourth-order valence-corrected chi connectivity index (χ4v) is 8.88. The molecule has 0 saturated heterocycles. The lowest BCUT2D eigenvalue weighted by Crippen LogP contribution is -2.46. The minimum absolute atomic E-state index is 0.0155. The third-order valence-corrected chi connectivity index (χ3v) is 13.3. The van der Waals surface area contributed by atoms with E-state index < -0.39 is 20.0 Å². The third kappa shape index (κ3) is 45.5. The highest BCUT2D eigenvalue weighted by Gasteiger charge is 2.24. The first kappa shape index (κ1) is 59.5. The molecule has 1 amide bonds. The van der Waals surface area contributed by atoms with Crippen LogP contribution in [0.5, 0.6) is 0 Å². The molecular formula is C51H105N2O6P. The summed E-state index contributed by atoms with van der Waals surface area (Å²) in [6.45, 7) is 4.70. The molecule has 360 valence electrons. The number of hydrogen-bond donors (Lipinski definition) is 2. The summed E-state index contributed by atoms with van der Waals surface area (Å²) in [7, 11) is 1.32. The predicted molar refractivity (Wildman–Crippen MR) is 256 cm³/mol. The number of nitrogens with one attached hydrogen (secondary N) is 1. The van der Waals surface area contributed by atoms with Crippen molar-refractivity contribution in [3.05, 3.63) is 0 Å². The standard InChI is InChI=1S/C51H105N2O6P/c1-6-8-10-12-14-15-16-17-18-19-20-21-22-23-24-25-26-27-28-29-30-31-32-33-34-35-36-37-39-41-43-45-51(55)52-49(50(54)44-42-40-38-13-11-9-7-2)48-59-60(56,57)58-47-46-53(3,4)5/h49-50,54H,6-48H2,1-5H3,(H-,52,55,56,57). The number of likely N-dealkylation sites (N-methyl/N-ethyl adjacent to an activating group) is 1. The first-order valence-electron chi connectivity index (χ1n) is 26.4. The van der Waals surface area contributed by atoms with Crippen molar-refractivity contribution in [3.63, 3.8) is 0 Å². The Bertz CT molecular complexity index is 947. The Kier molecular flexibility index (Phi) is 43.4. The van der Waals surface area contributed by atoms with Gasteiger partial charge in [-0.15, -0.1) is 0 Å². The van der Waals surface area contributed by atoms with E-state index in [1.807, 2.05) is 21.1 Å². The summed E-state index contributed by atoms with van der Waals surface area (Å²) in [6.07, 6.45) is 50.3. The maximum absolute atomic E-state index is 12.8. The average Bonchev–Trinajstić information content (AvgIpc) is 3.20. The SMILES string of the molecule is CCCCCCCCCCCCCCCCCCCCCCCCCCCCCCCCCC(=O)NC(COP(=O)([O-])OCC[N+](C)(C)C)C(O)CCCCCCCCC. The minimum Gasteiger partial charge on any atom is -0.756 e. The monoisotopic (exact) mass is 873 g/mol. The lowest BCUT2D eigenvalue weighted by atomic mass is 10.0. The number of amides is 1. The van der Waals surface area contributed by atoms with E-state index in [1.165, 1.54) is 205 Å². The number of phosphoric acid groups is 1. The predicted octanol–water partition coefficient (Wildman–Crippen LogP) is 14.7. The Labute approximate surface area is 374 Å². The molecule has 0 aromatic heterocycles. The van der Waals surface area contributed by atoms with Crippen LogP contribution in [0.2, 0.25) is 0 Å². The van der Waals surface area contributed by atoms with E-state index in [-0.39, 0.29) is 19.1 Å². The second kappa shape index (κ2) is 43.7. The fourth-order valence-electron chi connectivity index (χ4n) is 8.16. The van der Waals surface area contributed by atoms with Gasteiger partial charge >= 0.3 is 0 Å². The van der Waals surface area contributed by atoms with Crippen molar-refractivity contribution < 1.29 is 32.9 Å². The molecule has 0 aliphatic carbocycles. The van der Waals surface area contributed by atoms with Crippen LogP contribution in [0.1, 0.15) is 271 Å². The average molecular weight is 873 g/mol. The molecule has 8 nitrogen and oxygen atoms in total. The number of aliphatic hydroxyl groups excluding tert-OH is 1. The first-order chi connectivity index (χ1) is 29.0. The molecule has 0 fully saturated rings. The summed E-state index contributed by atoms with van der Waals surface area (Å²) in [5, 5.41) is 13.8. The van der Waals surface area contributed by atoms with E-state index >= 15 is 0 Å². The van der Waals surface area contributed by atoms with Gasteiger partial charge < -0.3 is 28.8 Å². The Hall–Kier alpha value is -0.500. The smallest absolute Gasteiger partial charge is 0.268 e. The van der Waals surface area contributed by atoms with Gasteiger partial charge in [-0.25, -0.2) is 0 Å². The zero-order valence-electron chi connectivity index (χ0n) is 40.9. The summed E-state index contributed by atoms with van der Waals surface area (Å²) in [5.74, 6) is -0.163. The summed E-state index contributed by atoms with van der Waals surface area (Å²) >= 11 is 0. The Balaban J connectivity index is 3.82. The second-order valence-corrected chi connectivity index (χ2v) is 21.0. The number of carbonyl (C=O) groups excluding carboxylic acids is 1. The third-order valence-electron chi connectivity index (χ3n) is 12.3. The Morgan fingerprint density at radius 2 is 0.817 bits per heavy atom. The molecule has 9 heteroatoms. The van der Waals surface area contributed by atoms with Gasteiger partial charge in [-0.05, 0) is 12.8 Å². The molecule has 3 unspecified atom stereocenters. The molecule has 0 radical (unpaired) electrons. The van der Waals surface area contributed by atoms with E-state index in [4.69, 9.17) is 9.05 Å². The van der Waals surface area contributed by atoms with Crippen LogP contribution in [-0.4, -0.2) is 68.5 Å². The molecule has 0 saturated carbocycles. The number of hydrogen-bond acceptors (Lipinski definition) is 6. The van der Waals surface area contributed by atoms with Crippen LogP contribution in [0.3, 0.4) is 0 Å². The van der Waals surface area contributed by atoms with Crippen molar-refractivity contribution >= 4 is 13.7 Å². The van der Waals surface area contributed by atoms with Gasteiger partial charge in [0.05, 0.1) is 39.9 Å². The Morgan fingerprint density at radius 3 is 1.13 bits per heavy atom. The van der Waals surface area contributed by atoms with E-state index in [1.54, 1.807) is 0 Å². The summed E-state index contributed by atoms with van der Waals surface area (Å²) in [6, 6.07) is -0.791. The van der Waals surface area contributed by atoms with E-state index in [0.29, 0.717) is 23.9 Å². The van der Waals surface area contributed by atoms with Gasteiger partial charge in [0.15, 0.2) is 0 Å². The highest BCUT2D eigenvalue weighted by atomic mass is 31.2. The van der Waals surface area contributed by atoms with E-state index in [9.17, 15) is 19.4 Å². The molecule has 0 heterocycles. The van der Waals surface area contributed by atoms with Crippen LogP contribution in [0.25, 0.3) is 0 Å². The lowest BCUT2D eigenvalue weighted by molar-refractivity contribution is -0.870. The maximum atomic E-state index is 12.8. The lowest BCUT2D eigenvalue weighted by Gasteiger charge is -2.30. The van der Waals surface area contributed by atoms with Crippen LogP contribution in [-0.2, 0) is 18.4 Å². The minimum atomic E-state index is -4.55. The van der Waals surface area contributed by atoms with Gasteiger partial charge in [-0.2, -0.15) is 0 Å². The van der Waals surface area contributed by atoms with Crippen molar-refractivity contribution in [2.75, 3.05) is 40.9 Å². The zero-order chi connectivity index (χ0) is 44.3. The number of aliphatic hydroxyl groups is 1. The van der Waals surface area contributed by atoms with E-state index in [2.05, 4.69) is 19.2 Å². The number of carbonyl (C=O) groups is 1. The molecule has 0 aliphatic rings. The molecule has 0 bridgehead atoms. The molecule has 3 atom stereocenters. The largest absolute Gasteiger partial charge is 0.756 e. The number of nitrogens with zero attached hydrogens (tertiary/aromatic N) is 1. The number of quaternary nitrogens is 1. The highest BCUT2D eigenvalue weighted by Crippen LogP contribution is 2.38. The summed E-state index contributed by atoms with van der Waals surface area (Å²) in [4.78, 5) is 25.3. The summed E-state index contributed by atoms with van der Waals surface area (Å²) < 4.78 is 23.2. The van der Waals surface area contributed by atoms with Gasteiger partial charge in [0.25, 0.3) is 7.82 Å². The number of rotatable bonds is 49. The zero-order valence-corrected chi connectivity index (χ0v) is 41.8. The van der Waals surface area contributed by atoms with Crippen molar-refractivity contribution in [3.8, 4) is 0 Å². The molecule has 0 aromatic carbocycles. The van der Waals surface area contributed by atoms with Gasteiger partial charge in [-0.1, -0.05) is 251 Å². The molecule has 0 rings (SSSR count). The van der Waals surface area contributed by atoms with Crippen molar-refractivity contribution in [1.82, 2.24) is 5.32 Å². The van der Waals surface area contributed by atoms with Crippen LogP contribution >= 0.6 is 7.82 Å². The molecular weight excluding hydrogens is 768 g/mol. The second-order valence-electron chi connectivity index (χ2n) is 19.6. The van der Waals surface area contributed by atoms with Crippen LogP contribution < -0.4 is 10.2 Å². The van der Waals surface area contributed by atoms with Crippen LogP contribution in [0.4, 0.5) is 0 Å². The van der Waals surface area contributed by atoms with E-state index in [0.717, 1.165) is 38.5 Å². The normalized spacial score (nSPS) is 14.1. The molecule has 0 aliphatic heterocycles. The maximum Gasteiger partial charge on any atom is 0.268 e. The first-order valence-corrected chi connectivity index (χ1v) is 27.8. The van der Waals surface area contributed by atoms with Crippen LogP contribution in [0, 0.1) is 0 Å². The van der Waals surface area contributed by atoms with Crippen molar-refractivity contribution in [2.45, 2.75) is 283 Å². The summed E-state index contributed by atoms with van der Waals surface area (Å²) in [5.41, 5.74) is 0. The number of unbranched alkanes of at least 4 members (excludes halogenated alkanes) is 36. The molecule has 60 heavy (non-hydrogen) atoms. The van der Waals surface area contributed by atoms with Gasteiger partial charge in [0.1, 0.15) is 13.2 Å². The van der Waals surface area contributed by atoms with Gasteiger partial charge in [0, 0.05) is 6.42 Å². The van der Waals surface area contributed by atoms with Gasteiger partial charge in [-0.3, -0.25) is 9.36 Å². The molecule has 0 aromatic rings. The van der Waals surface area contributed by atoms with Gasteiger partial charge in [0.2, 0.25) is 5.91 Å². The highest BCUT2D eigenvalue weighted by molar-refractivity contribution is 7.45. The Morgan fingerprint density at radius 1 is 0.517 bits per heavy atom. The molecule has 0 spiro atoms. The molecule has 2 N–H and O–H groups in total. The van der Waals surface area contributed by atoms with Crippen LogP contribution in [0.15, 0.2) is 0 Å². The van der Waals surface area contributed by atoms with Crippen molar-refractivity contribution in [2.24, 2.45) is 0 Å².